The second-order valence-corrected chi connectivity index (χ2v) is 8.81. The molecule has 2 aliphatic rings. The van der Waals surface area contributed by atoms with Crippen LogP contribution in [0.2, 0.25) is 0 Å². The van der Waals surface area contributed by atoms with Crippen LogP contribution in [0.4, 0.5) is 5.82 Å². The maximum absolute atomic E-state index is 11.5. The molecule has 0 unspecified atom stereocenters. The summed E-state index contributed by atoms with van der Waals surface area (Å²) in [6.07, 6.45) is 7.27. The number of hydrogen-bond donors (Lipinski definition) is 1. The normalized spacial score (nSPS) is 20.6. The molecule has 1 aliphatic carbocycles. The van der Waals surface area contributed by atoms with Crippen LogP contribution in [0, 0.1) is 0 Å². The van der Waals surface area contributed by atoms with Crippen LogP contribution in [-0.2, 0) is 16.6 Å². The second kappa shape index (κ2) is 7.80. The summed E-state index contributed by atoms with van der Waals surface area (Å²) in [5.41, 5.74) is 0.889. The summed E-state index contributed by atoms with van der Waals surface area (Å²) in [7, 11) is -3.16. The van der Waals surface area contributed by atoms with Gasteiger partial charge in [-0.1, -0.05) is 18.9 Å². The minimum Gasteiger partial charge on any atom is -0.354 e. The van der Waals surface area contributed by atoms with Gasteiger partial charge in [0.25, 0.3) is 0 Å². The average molecular weight is 353 g/mol. The molecule has 0 radical (unpaired) electrons. The van der Waals surface area contributed by atoms with E-state index < -0.39 is 10.0 Å². The summed E-state index contributed by atoms with van der Waals surface area (Å²) in [5, 5.41) is 0. The smallest absolute Gasteiger partial charge is 0.211 e. The molecular weight excluding hydrogens is 324 g/mol. The fourth-order valence-corrected chi connectivity index (χ4v) is 4.18. The van der Waals surface area contributed by atoms with Gasteiger partial charge in [0.2, 0.25) is 10.0 Å². The lowest BCUT2D eigenvalue weighted by molar-refractivity contribution is 0.187. The SMILES string of the molecule is CCS(=O)(=O)NCc1ccc(N2CCN(C3CCCC3)CC2)nc1. The van der Waals surface area contributed by atoms with Gasteiger partial charge in [0.05, 0.1) is 5.75 Å². The third kappa shape index (κ3) is 4.46. The fourth-order valence-electron chi connectivity index (χ4n) is 3.59. The Kier molecular flexibility index (Phi) is 5.73. The van der Waals surface area contributed by atoms with Crippen LogP contribution in [0.5, 0.6) is 0 Å². The predicted molar refractivity (Wildman–Crippen MR) is 96.6 cm³/mol. The molecule has 1 aromatic heterocycles. The Morgan fingerprint density at radius 3 is 2.46 bits per heavy atom. The van der Waals surface area contributed by atoms with Gasteiger partial charge in [-0.2, -0.15) is 0 Å². The number of piperazine rings is 1. The fraction of sp³-hybridized carbons (Fsp3) is 0.706. The van der Waals surface area contributed by atoms with Crippen molar-refractivity contribution in [1.29, 1.82) is 0 Å². The molecular formula is C17H28N4O2S. The summed E-state index contributed by atoms with van der Waals surface area (Å²) < 4.78 is 25.5. The standard InChI is InChI=1S/C17H28N4O2S/c1-2-24(22,23)19-14-15-7-8-17(18-13-15)21-11-9-20(10-12-21)16-5-3-4-6-16/h7-8,13,16,19H,2-6,9-12,14H2,1H3. The van der Waals surface area contributed by atoms with Crippen molar-refractivity contribution in [2.45, 2.75) is 45.2 Å². The third-order valence-electron chi connectivity index (χ3n) is 5.16. The summed E-state index contributed by atoms with van der Waals surface area (Å²) >= 11 is 0. The monoisotopic (exact) mass is 352 g/mol. The van der Waals surface area contributed by atoms with E-state index in [1.54, 1.807) is 13.1 Å². The van der Waals surface area contributed by atoms with Crippen LogP contribution in [-0.4, -0.2) is 56.3 Å². The van der Waals surface area contributed by atoms with Crippen molar-refractivity contribution < 1.29 is 8.42 Å². The molecule has 1 aliphatic heterocycles. The Morgan fingerprint density at radius 2 is 1.88 bits per heavy atom. The zero-order valence-corrected chi connectivity index (χ0v) is 15.3. The lowest BCUT2D eigenvalue weighted by Crippen LogP contribution is -2.50. The first-order valence-corrected chi connectivity index (χ1v) is 10.6. The van der Waals surface area contributed by atoms with Gasteiger partial charge in [0, 0.05) is 45.0 Å². The number of rotatable bonds is 6. The van der Waals surface area contributed by atoms with Crippen LogP contribution in [0.15, 0.2) is 18.3 Å². The Bertz CT molecular complexity index is 618. The largest absolute Gasteiger partial charge is 0.354 e. The lowest BCUT2D eigenvalue weighted by atomic mass is 10.2. The number of nitrogens with one attached hydrogen (secondary N) is 1. The van der Waals surface area contributed by atoms with E-state index in [0.717, 1.165) is 43.6 Å². The molecule has 0 spiro atoms. The van der Waals surface area contributed by atoms with Crippen LogP contribution in [0.25, 0.3) is 0 Å². The highest BCUT2D eigenvalue weighted by atomic mass is 32.2. The van der Waals surface area contributed by atoms with Gasteiger partial charge in [0.1, 0.15) is 5.82 Å². The molecule has 6 nitrogen and oxygen atoms in total. The zero-order chi connectivity index (χ0) is 17.0. The minimum atomic E-state index is -3.16. The van der Waals surface area contributed by atoms with E-state index in [1.165, 1.54) is 25.7 Å². The first kappa shape index (κ1) is 17.6. The molecule has 1 aromatic rings. The third-order valence-corrected chi connectivity index (χ3v) is 6.51. The van der Waals surface area contributed by atoms with Gasteiger partial charge >= 0.3 is 0 Å². The van der Waals surface area contributed by atoms with E-state index in [-0.39, 0.29) is 5.75 Å². The first-order chi connectivity index (χ1) is 11.6. The maximum atomic E-state index is 11.5. The van der Waals surface area contributed by atoms with E-state index in [9.17, 15) is 8.42 Å². The van der Waals surface area contributed by atoms with E-state index in [0.29, 0.717) is 6.54 Å². The Balaban J connectivity index is 1.51. The van der Waals surface area contributed by atoms with Crippen LogP contribution in [0.1, 0.15) is 38.2 Å². The van der Waals surface area contributed by atoms with E-state index in [2.05, 4.69) is 19.5 Å². The molecule has 3 rings (SSSR count). The van der Waals surface area contributed by atoms with Crippen molar-refractivity contribution in [3.8, 4) is 0 Å². The number of hydrogen-bond acceptors (Lipinski definition) is 5. The highest BCUT2D eigenvalue weighted by Gasteiger charge is 2.26. The molecule has 2 heterocycles. The van der Waals surface area contributed by atoms with Gasteiger partial charge in [-0.3, -0.25) is 4.90 Å². The summed E-state index contributed by atoms with van der Waals surface area (Å²) in [4.78, 5) is 9.49. The highest BCUT2D eigenvalue weighted by molar-refractivity contribution is 7.89. The van der Waals surface area contributed by atoms with Crippen molar-refractivity contribution in [3.63, 3.8) is 0 Å². The molecule has 7 heteroatoms. The number of aromatic nitrogens is 1. The van der Waals surface area contributed by atoms with Crippen LogP contribution in [0.3, 0.4) is 0 Å². The van der Waals surface area contributed by atoms with Gasteiger partial charge in [-0.05, 0) is 31.4 Å². The van der Waals surface area contributed by atoms with E-state index in [4.69, 9.17) is 0 Å². The van der Waals surface area contributed by atoms with E-state index in [1.807, 2.05) is 12.1 Å². The molecule has 1 saturated carbocycles. The summed E-state index contributed by atoms with van der Waals surface area (Å²) in [6.45, 7) is 6.21. The Hall–Kier alpha value is -1.18. The van der Waals surface area contributed by atoms with Crippen molar-refractivity contribution in [2.24, 2.45) is 0 Å². The predicted octanol–water partition coefficient (Wildman–Crippen LogP) is 1.59. The molecule has 2 fully saturated rings. The molecule has 134 valence electrons. The zero-order valence-electron chi connectivity index (χ0n) is 14.4. The highest BCUT2D eigenvalue weighted by Crippen LogP contribution is 2.25. The van der Waals surface area contributed by atoms with Crippen LogP contribution < -0.4 is 9.62 Å². The number of pyridine rings is 1. The van der Waals surface area contributed by atoms with Gasteiger partial charge < -0.3 is 4.90 Å². The molecule has 0 atom stereocenters. The van der Waals surface area contributed by atoms with Crippen molar-refractivity contribution in [3.05, 3.63) is 23.9 Å². The first-order valence-electron chi connectivity index (χ1n) is 8.98. The molecule has 0 aromatic carbocycles. The maximum Gasteiger partial charge on any atom is 0.211 e. The quantitative estimate of drug-likeness (QED) is 0.842. The van der Waals surface area contributed by atoms with E-state index >= 15 is 0 Å². The molecule has 1 N–H and O–H groups in total. The molecule has 1 saturated heterocycles. The Morgan fingerprint density at radius 1 is 1.17 bits per heavy atom. The van der Waals surface area contributed by atoms with Crippen molar-refractivity contribution >= 4 is 15.8 Å². The molecule has 0 amide bonds. The van der Waals surface area contributed by atoms with Gasteiger partial charge in [-0.25, -0.2) is 18.1 Å². The van der Waals surface area contributed by atoms with Crippen molar-refractivity contribution in [2.75, 3.05) is 36.8 Å². The number of nitrogens with zero attached hydrogens (tertiary/aromatic N) is 3. The van der Waals surface area contributed by atoms with Gasteiger partial charge in [0.15, 0.2) is 0 Å². The minimum absolute atomic E-state index is 0.101. The second-order valence-electron chi connectivity index (χ2n) is 6.71. The average Bonchev–Trinajstić information content (AvgIpc) is 3.15. The lowest BCUT2D eigenvalue weighted by Gasteiger charge is -2.38. The van der Waals surface area contributed by atoms with Gasteiger partial charge in [-0.15, -0.1) is 0 Å². The van der Waals surface area contributed by atoms with Crippen LogP contribution >= 0.6 is 0 Å². The molecule has 24 heavy (non-hydrogen) atoms. The topological polar surface area (TPSA) is 65.5 Å². The summed E-state index contributed by atoms with van der Waals surface area (Å²) in [6, 6.07) is 4.76. The Labute approximate surface area is 145 Å². The molecule has 0 bridgehead atoms. The van der Waals surface area contributed by atoms with Crippen molar-refractivity contribution in [1.82, 2.24) is 14.6 Å². The number of sulfonamides is 1. The summed E-state index contributed by atoms with van der Waals surface area (Å²) in [5.74, 6) is 1.09. The number of anilines is 1.